The molecular weight excluding hydrogens is 294 g/mol. The Kier molecular flexibility index (Phi) is 4.88. The van der Waals surface area contributed by atoms with E-state index in [-0.39, 0.29) is 11.3 Å². The molecule has 3 nitrogen and oxygen atoms in total. The summed E-state index contributed by atoms with van der Waals surface area (Å²) in [7, 11) is 0. The zero-order valence-corrected chi connectivity index (χ0v) is 13.6. The molecule has 0 bridgehead atoms. The molecule has 116 valence electrons. The number of benzene rings is 1. The number of unbranched alkanes of at least 4 members (excludes halogenated alkanes) is 1. The van der Waals surface area contributed by atoms with Crippen molar-refractivity contribution in [3.63, 3.8) is 0 Å². The Labute approximate surface area is 135 Å². The smallest absolute Gasteiger partial charge is 0.255 e. The number of carbonyl (C=O) groups excluding carboxylic acids is 1. The van der Waals surface area contributed by atoms with Crippen LogP contribution in [0.15, 0.2) is 47.1 Å². The molecule has 1 aliphatic heterocycles. The van der Waals surface area contributed by atoms with Gasteiger partial charge in [0.25, 0.3) is 5.91 Å². The number of amides is 1. The van der Waals surface area contributed by atoms with Gasteiger partial charge in [-0.3, -0.25) is 4.79 Å². The molecule has 0 aliphatic carbocycles. The van der Waals surface area contributed by atoms with Crippen molar-refractivity contribution in [1.29, 1.82) is 0 Å². The van der Waals surface area contributed by atoms with Gasteiger partial charge in [-0.25, -0.2) is 0 Å². The fraction of sp³-hybridized carbons (Fsp3) is 0.389. The lowest BCUT2D eigenvalue weighted by Crippen LogP contribution is -2.30. The van der Waals surface area contributed by atoms with Crippen LogP contribution < -0.4 is 0 Å². The van der Waals surface area contributed by atoms with E-state index in [0.717, 1.165) is 30.0 Å². The predicted molar refractivity (Wildman–Crippen MR) is 90.0 cm³/mol. The molecule has 1 saturated heterocycles. The summed E-state index contributed by atoms with van der Waals surface area (Å²) in [6.45, 7) is 2.96. The van der Waals surface area contributed by atoms with Gasteiger partial charge in [-0.15, -0.1) is 11.8 Å². The SMILES string of the molecule is CCCCc1ccc(C(=O)N2CCS[C@H]2c2ccco2)cc1. The van der Waals surface area contributed by atoms with Crippen molar-refractivity contribution in [2.45, 2.75) is 31.6 Å². The second-order valence-electron chi connectivity index (χ2n) is 5.54. The van der Waals surface area contributed by atoms with Crippen LogP contribution in [0.1, 0.15) is 46.8 Å². The molecular formula is C18H21NO2S. The van der Waals surface area contributed by atoms with Gasteiger partial charge < -0.3 is 9.32 Å². The van der Waals surface area contributed by atoms with E-state index in [4.69, 9.17) is 4.42 Å². The Morgan fingerprint density at radius 2 is 2.14 bits per heavy atom. The fourth-order valence-electron chi connectivity index (χ4n) is 2.71. The molecule has 1 fully saturated rings. The molecule has 1 amide bonds. The monoisotopic (exact) mass is 315 g/mol. The Morgan fingerprint density at radius 1 is 1.32 bits per heavy atom. The van der Waals surface area contributed by atoms with E-state index in [1.165, 1.54) is 18.4 Å². The minimum atomic E-state index is 0.00210. The topological polar surface area (TPSA) is 33.5 Å². The number of nitrogens with zero attached hydrogens (tertiary/aromatic N) is 1. The predicted octanol–water partition coefficient (Wildman–Crippen LogP) is 4.51. The van der Waals surface area contributed by atoms with Crippen LogP contribution in [0.4, 0.5) is 0 Å². The van der Waals surface area contributed by atoms with E-state index in [1.54, 1.807) is 18.0 Å². The fourth-order valence-corrected chi connectivity index (χ4v) is 3.91. The zero-order chi connectivity index (χ0) is 15.4. The lowest BCUT2D eigenvalue weighted by atomic mass is 10.1. The first-order chi connectivity index (χ1) is 10.8. The lowest BCUT2D eigenvalue weighted by Gasteiger charge is -2.22. The average Bonchev–Trinajstić information content (AvgIpc) is 3.23. The highest BCUT2D eigenvalue weighted by atomic mass is 32.2. The Bertz CT molecular complexity index is 607. The summed E-state index contributed by atoms with van der Waals surface area (Å²) in [4.78, 5) is 14.7. The summed E-state index contributed by atoms with van der Waals surface area (Å²) in [5.74, 6) is 1.90. The number of hydrogen-bond acceptors (Lipinski definition) is 3. The molecule has 0 unspecified atom stereocenters. The average molecular weight is 315 g/mol. The molecule has 2 heterocycles. The molecule has 0 spiro atoms. The van der Waals surface area contributed by atoms with E-state index in [9.17, 15) is 4.79 Å². The molecule has 1 aliphatic rings. The van der Waals surface area contributed by atoms with Gasteiger partial charge in [0.15, 0.2) is 0 Å². The van der Waals surface area contributed by atoms with Gasteiger partial charge >= 0.3 is 0 Å². The zero-order valence-electron chi connectivity index (χ0n) is 12.8. The third-order valence-electron chi connectivity index (χ3n) is 3.96. The number of carbonyl (C=O) groups is 1. The first-order valence-corrected chi connectivity index (χ1v) is 8.89. The second kappa shape index (κ2) is 7.05. The third kappa shape index (κ3) is 3.22. The summed E-state index contributed by atoms with van der Waals surface area (Å²) in [5, 5.41) is 0.00210. The number of rotatable bonds is 5. The van der Waals surface area contributed by atoms with Crippen LogP contribution in [0, 0.1) is 0 Å². The van der Waals surface area contributed by atoms with E-state index in [0.29, 0.717) is 0 Å². The Hall–Kier alpha value is -1.68. The minimum absolute atomic E-state index is 0.00210. The number of hydrogen-bond donors (Lipinski definition) is 0. The summed E-state index contributed by atoms with van der Waals surface area (Å²) >= 11 is 1.76. The third-order valence-corrected chi connectivity index (χ3v) is 5.18. The molecule has 2 aromatic rings. The van der Waals surface area contributed by atoms with Gasteiger partial charge in [0, 0.05) is 17.9 Å². The molecule has 0 N–H and O–H groups in total. The molecule has 1 atom stereocenters. The van der Waals surface area contributed by atoms with E-state index < -0.39 is 0 Å². The maximum absolute atomic E-state index is 12.7. The molecule has 0 saturated carbocycles. The normalized spacial score (nSPS) is 17.9. The number of aryl methyl sites for hydroxylation is 1. The van der Waals surface area contributed by atoms with Crippen LogP contribution >= 0.6 is 11.8 Å². The van der Waals surface area contributed by atoms with Gasteiger partial charge in [-0.1, -0.05) is 25.5 Å². The Morgan fingerprint density at radius 3 is 2.82 bits per heavy atom. The van der Waals surface area contributed by atoms with Crippen molar-refractivity contribution >= 4 is 17.7 Å². The van der Waals surface area contributed by atoms with E-state index >= 15 is 0 Å². The van der Waals surface area contributed by atoms with Gasteiger partial charge in [0.05, 0.1) is 6.26 Å². The van der Waals surface area contributed by atoms with Crippen molar-refractivity contribution in [1.82, 2.24) is 4.90 Å². The van der Waals surface area contributed by atoms with E-state index in [2.05, 4.69) is 19.1 Å². The first kappa shape index (κ1) is 15.2. The largest absolute Gasteiger partial charge is 0.466 e. The van der Waals surface area contributed by atoms with E-state index in [1.807, 2.05) is 29.2 Å². The molecule has 3 rings (SSSR count). The molecule has 1 aromatic heterocycles. The Balaban J connectivity index is 1.72. The van der Waals surface area contributed by atoms with Gasteiger partial charge in [0.1, 0.15) is 11.1 Å². The van der Waals surface area contributed by atoms with Crippen LogP contribution in [0.25, 0.3) is 0 Å². The second-order valence-corrected chi connectivity index (χ2v) is 6.73. The highest BCUT2D eigenvalue weighted by molar-refractivity contribution is 7.99. The van der Waals surface area contributed by atoms with Crippen molar-refractivity contribution in [3.8, 4) is 0 Å². The van der Waals surface area contributed by atoms with Crippen LogP contribution in [-0.2, 0) is 6.42 Å². The number of thioether (sulfide) groups is 1. The van der Waals surface area contributed by atoms with Crippen LogP contribution in [0.2, 0.25) is 0 Å². The summed E-state index contributed by atoms with van der Waals surface area (Å²) < 4.78 is 5.48. The van der Waals surface area contributed by atoms with Crippen LogP contribution in [-0.4, -0.2) is 23.1 Å². The summed E-state index contributed by atoms with van der Waals surface area (Å²) in [6.07, 6.45) is 5.13. The number of furan rings is 1. The molecule has 0 radical (unpaired) electrons. The van der Waals surface area contributed by atoms with Crippen molar-refractivity contribution in [2.75, 3.05) is 12.3 Å². The summed E-state index contributed by atoms with van der Waals surface area (Å²) in [5.41, 5.74) is 2.07. The highest BCUT2D eigenvalue weighted by Crippen LogP contribution is 2.38. The quantitative estimate of drug-likeness (QED) is 0.814. The van der Waals surface area contributed by atoms with Crippen molar-refractivity contribution in [2.24, 2.45) is 0 Å². The van der Waals surface area contributed by atoms with Gasteiger partial charge in [0.2, 0.25) is 0 Å². The van der Waals surface area contributed by atoms with Gasteiger partial charge in [-0.2, -0.15) is 0 Å². The maximum Gasteiger partial charge on any atom is 0.255 e. The minimum Gasteiger partial charge on any atom is -0.466 e. The molecule has 4 heteroatoms. The first-order valence-electron chi connectivity index (χ1n) is 7.84. The lowest BCUT2D eigenvalue weighted by molar-refractivity contribution is 0.0749. The molecule has 1 aromatic carbocycles. The van der Waals surface area contributed by atoms with Crippen LogP contribution in [0.5, 0.6) is 0 Å². The maximum atomic E-state index is 12.7. The summed E-state index contributed by atoms with van der Waals surface area (Å²) in [6, 6.07) is 11.9. The highest BCUT2D eigenvalue weighted by Gasteiger charge is 2.32. The van der Waals surface area contributed by atoms with Crippen LogP contribution in [0.3, 0.4) is 0 Å². The van der Waals surface area contributed by atoms with Crippen molar-refractivity contribution < 1.29 is 9.21 Å². The van der Waals surface area contributed by atoms with Gasteiger partial charge in [-0.05, 0) is 42.7 Å². The standard InChI is InChI=1S/C18H21NO2S/c1-2-3-5-14-7-9-15(10-8-14)17(20)19-11-13-22-18(19)16-6-4-12-21-16/h4,6-10,12,18H,2-3,5,11,13H2,1H3/t18-/m0/s1. The van der Waals surface area contributed by atoms with Crippen molar-refractivity contribution in [3.05, 3.63) is 59.5 Å². The molecule has 22 heavy (non-hydrogen) atoms.